The fourth-order valence-corrected chi connectivity index (χ4v) is 4.99. The normalized spacial score (nSPS) is 19.1. The molecule has 2 atom stereocenters. The number of methoxy groups -OCH3 is 2. The van der Waals surface area contributed by atoms with Crippen molar-refractivity contribution in [3.63, 3.8) is 0 Å². The van der Waals surface area contributed by atoms with Crippen LogP contribution in [-0.4, -0.2) is 75.1 Å². The maximum absolute atomic E-state index is 13.4. The Morgan fingerprint density at radius 3 is 2.58 bits per heavy atom. The van der Waals surface area contributed by atoms with Crippen LogP contribution in [0, 0.1) is 0 Å². The Balaban J connectivity index is 1.58. The third-order valence-corrected chi connectivity index (χ3v) is 6.96. The van der Waals surface area contributed by atoms with Gasteiger partial charge in [-0.15, -0.1) is 6.58 Å². The second-order valence-electron chi connectivity index (χ2n) is 8.60. The van der Waals surface area contributed by atoms with Crippen molar-refractivity contribution in [3.8, 4) is 11.5 Å². The van der Waals surface area contributed by atoms with Crippen molar-refractivity contribution in [1.29, 1.82) is 0 Å². The minimum absolute atomic E-state index is 0.0871. The number of piperidine rings is 1. The molecule has 3 N–H and O–H groups in total. The molecule has 1 aromatic carbocycles. The number of rotatable bonds is 10. The molecule has 1 fully saturated rings. The zero-order chi connectivity index (χ0) is 27.4. The first kappa shape index (κ1) is 27.7. The molecule has 0 spiro atoms. The summed E-state index contributed by atoms with van der Waals surface area (Å²) < 4.78 is 16.1. The number of halogens is 2. The molecular weight excluding hydrogens is 537 g/mol. The van der Waals surface area contributed by atoms with Gasteiger partial charge in [0.2, 0.25) is 11.9 Å². The van der Waals surface area contributed by atoms with Crippen LogP contribution in [0.25, 0.3) is 0 Å². The molecular formula is C24H29Cl2N7O5. The molecule has 4 rings (SSSR count). The number of carbonyl (C=O) groups excluding carboxylic acids is 2. The Morgan fingerprint density at radius 1 is 1.21 bits per heavy atom. The smallest absolute Gasteiger partial charge is 0.330 e. The van der Waals surface area contributed by atoms with E-state index in [1.54, 1.807) is 25.4 Å². The number of ether oxygens (including phenoxy) is 3. The average molecular weight is 566 g/mol. The summed E-state index contributed by atoms with van der Waals surface area (Å²) in [7, 11) is 4.52. The fourth-order valence-electron chi connectivity index (χ4n) is 4.28. The summed E-state index contributed by atoms with van der Waals surface area (Å²) >= 11 is 13.1. The number of nitrogens with zero attached hydrogens (tertiary/aromatic N) is 4. The van der Waals surface area contributed by atoms with Gasteiger partial charge >= 0.3 is 6.03 Å². The predicted octanol–water partition coefficient (Wildman–Crippen LogP) is 2.80. The molecule has 2 aliphatic rings. The van der Waals surface area contributed by atoms with Gasteiger partial charge in [0.1, 0.15) is 27.4 Å². The molecule has 3 heterocycles. The maximum Gasteiger partial charge on any atom is 0.330 e. The molecule has 2 aliphatic heterocycles. The largest absolute Gasteiger partial charge is 0.495 e. The maximum atomic E-state index is 13.4. The van der Waals surface area contributed by atoms with Gasteiger partial charge in [-0.3, -0.25) is 19.9 Å². The number of carbonyl (C=O) groups is 2. The highest BCUT2D eigenvalue weighted by atomic mass is 35.5. The minimum atomic E-state index is -0.405. The molecule has 12 nitrogen and oxygen atoms in total. The lowest BCUT2D eigenvalue weighted by Crippen LogP contribution is -2.57. The van der Waals surface area contributed by atoms with E-state index in [9.17, 15) is 9.59 Å². The quantitative estimate of drug-likeness (QED) is 0.226. The highest BCUT2D eigenvalue weighted by Crippen LogP contribution is 2.47. The third-order valence-electron chi connectivity index (χ3n) is 6.23. The highest BCUT2D eigenvalue weighted by Gasteiger charge is 2.35. The Bertz CT molecular complexity index is 1200. The molecule has 1 saturated heterocycles. The Hall–Kier alpha value is -3.32. The average Bonchev–Trinajstić information content (AvgIpc) is 2.91. The van der Waals surface area contributed by atoms with E-state index in [1.807, 2.05) is 0 Å². The fraction of sp³-hybridized carbons (Fsp3) is 0.417. The van der Waals surface area contributed by atoms with Gasteiger partial charge in [0.05, 0.1) is 45.8 Å². The summed E-state index contributed by atoms with van der Waals surface area (Å²) in [6.07, 6.45) is 3.50. The van der Waals surface area contributed by atoms with Crippen LogP contribution in [0.1, 0.15) is 12.0 Å². The van der Waals surface area contributed by atoms with Crippen LogP contribution in [-0.2, 0) is 16.1 Å². The van der Waals surface area contributed by atoms with Crippen LogP contribution in [0.4, 0.5) is 22.2 Å². The van der Waals surface area contributed by atoms with Crippen LogP contribution in [0.2, 0.25) is 10.0 Å². The molecule has 0 radical (unpaired) electrons. The number of nitrogens with one attached hydrogen (secondary N) is 3. The van der Waals surface area contributed by atoms with Crippen LogP contribution in [0.3, 0.4) is 0 Å². The first-order valence-corrected chi connectivity index (χ1v) is 12.5. The molecule has 3 amide bonds. The molecule has 0 aliphatic carbocycles. The summed E-state index contributed by atoms with van der Waals surface area (Å²) in [5, 5.41) is 9.68. The third kappa shape index (κ3) is 5.58. The van der Waals surface area contributed by atoms with Gasteiger partial charge in [0.15, 0.2) is 0 Å². The van der Waals surface area contributed by atoms with Crippen LogP contribution >= 0.6 is 23.2 Å². The van der Waals surface area contributed by atoms with E-state index < -0.39 is 6.03 Å². The number of urea groups is 1. The molecule has 14 heteroatoms. The number of benzene rings is 1. The molecule has 1 aromatic heterocycles. The first-order valence-electron chi connectivity index (χ1n) is 11.7. The second kappa shape index (κ2) is 12.0. The Kier molecular flexibility index (Phi) is 8.77. The molecule has 2 aromatic rings. The topological polar surface area (TPSA) is 130 Å². The number of fused-ring (bicyclic) bond motifs is 1. The Labute approximate surface area is 230 Å². The number of amides is 3. The zero-order valence-electron chi connectivity index (χ0n) is 21.2. The van der Waals surface area contributed by atoms with E-state index in [0.29, 0.717) is 42.8 Å². The SMILES string of the molecule is C=CCOCNC1CNC(=O)CC1Nc1ncc2c(n1)N(C)C(=O)N(c1c(Cl)c(OC)cc(OC)c1Cl)C2. The highest BCUT2D eigenvalue weighted by molar-refractivity contribution is 6.42. The summed E-state index contributed by atoms with van der Waals surface area (Å²) in [6, 6.07) is 0.731. The van der Waals surface area contributed by atoms with E-state index in [-0.39, 0.29) is 52.6 Å². The van der Waals surface area contributed by atoms with Crippen molar-refractivity contribution in [2.75, 3.05) is 56.3 Å². The van der Waals surface area contributed by atoms with Gasteiger partial charge in [-0.25, -0.2) is 9.78 Å². The number of hydrogen-bond donors (Lipinski definition) is 3. The van der Waals surface area contributed by atoms with E-state index >= 15 is 0 Å². The van der Waals surface area contributed by atoms with Crippen LogP contribution < -0.4 is 35.2 Å². The van der Waals surface area contributed by atoms with Gasteiger partial charge in [0, 0.05) is 43.9 Å². The number of anilines is 3. The second-order valence-corrected chi connectivity index (χ2v) is 9.36. The van der Waals surface area contributed by atoms with Crippen molar-refractivity contribution < 1.29 is 23.8 Å². The van der Waals surface area contributed by atoms with E-state index in [2.05, 4.69) is 32.5 Å². The monoisotopic (exact) mass is 565 g/mol. The van der Waals surface area contributed by atoms with Crippen molar-refractivity contribution in [1.82, 2.24) is 20.6 Å². The summed E-state index contributed by atoms with van der Waals surface area (Å²) in [4.78, 5) is 37.4. The van der Waals surface area contributed by atoms with Gasteiger partial charge in [-0.2, -0.15) is 4.98 Å². The van der Waals surface area contributed by atoms with Gasteiger partial charge < -0.3 is 24.8 Å². The molecule has 2 unspecified atom stereocenters. The van der Waals surface area contributed by atoms with Crippen LogP contribution in [0.15, 0.2) is 24.9 Å². The molecule has 204 valence electrons. The standard InChI is InChI=1S/C24H29Cl2N7O5/c1-5-6-38-12-29-15-10-27-18(34)7-14(15)30-23-28-9-13-11-33(24(35)32(2)22(13)31-23)21-19(25)16(36-3)8-17(37-4)20(21)26/h5,8-9,14-15,29H,1,6-7,10-12H2,2-4H3,(H,27,34)(H,28,30,31). The lowest BCUT2D eigenvalue weighted by Gasteiger charge is -2.36. The van der Waals surface area contributed by atoms with Crippen molar-refractivity contribution in [2.45, 2.75) is 25.0 Å². The van der Waals surface area contributed by atoms with Crippen molar-refractivity contribution in [3.05, 3.63) is 40.5 Å². The van der Waals surface area contributed by atoms with E-state index in [0.717, 1.165) is 0 Å². The number of hydrogen-bond acceptors (Lipinski definition) is 9. The van der Waals surface area contributed by atoms with E-state index in [4.69, 9.17) is 37.4 Å². The Morgan fingerprint density at radius 2 is 1.92 bits per heavy atom. The zero-order valence-corrected chi connectivity index (χ0v) is 22.7. The lowest BCUT2D eigenvalue weighted by molar-refractivity contribution is -0.122. The molecule has 0 bridgehead atoms. The van der Waals surface area contributed by atoms with Crippen molar-refractivity contribution in [2.24, 2.45) is 0 Å². The first-order chi connectivity index (χ1) is 18.3. The summed E-state index contributed by atoms with van der Waals surface area (Å²) in [6.45, 7) is 4.86. The minimum Gasteiger partial charge on any atom is -0.495 e. The van der Waals surface area contributed by atoms with Gasteiger partial charge in [0.25, 0.3) is 0 Å². The molecule has 0 saturated carbocycles. The van der Waals surface area contributed by atoms with Gasteiger partial charge in [-0.1, -0.05) is 29.3 Å². The predicted molar refractivity (Wildman–Crippen MR) is 145 cm³/mol. The lowest BCUT2D eigenvalue weighted by atomic mass is 10.0. The van der Waals surface area contributed by atoms with Gasteiger partial charge in [-0.05, 0) is 0 Å². The van der Waals surface area contributed by atoms with Crippen LogP contribution in [0.5, 0.6) is 11.5 Å². The summed E-state index contributed by atoms with van der Waals surface area (Å²) in [5.74, 6) is 1.25. The van der Waals surface area contributed by atoms with E-state index in [1.165, 1.54) is 24.0 Å². The summed E-state index contributed by atoms with van der Waals surface area (Å²) in [5.41, 5.74) is 0.926. The van der Waals surface area contributed by atoms with Crippen molar-refractivity contribution >= 4 is 52.6 Å². The molecule has 38 heavy (non-hydrogen) atoms. The number of aromatic nitrogens is 2.